The van der Waals surface area contributed by atoms with E-state index < -0.39 is 5.56 Å². The molecule has 144 valence electrons. The average molecular weight is 446 g/mol. The molecule has 9 heteroatoms. The van der Waals surface area contributed by atoms with Crippen LogP contribution >= 0.6 is 34.8 Å². The minimum Gasteiger partial charge on any atom is -0.488 e. The predicted molar refractivity (Wildman–Crippen MR) is 112 cm³/mol. The number of pyridine rings is 1. The first-order valence-corrected chi connectivity index (χ1v) is 9.22. The molecular formula is C20H11Cl3N4O2. The number of halogens is 3. The summed E-state index contributed by atoms with van der Waals surface area (Å²) in [6, 6.07) is 13.4. The van der Waals surface area contributed by atoms with E-state index in [9.17, 15) is 15.3 Å². The molecule has 0 spiro atoms. The molecule has 0 saturated carbocycles. The molecule has 0 bridgehead atoms. The zero-order chi connectivity index (χ0) is 21.1. The van der Waals surface area contributed by atoms with Gasteiger partial charge in [-0.15, -0.1) is 0 Å². The second kappa shape index (κ2) is 8.46. The largest absolute Gasteiger partial charge is 0.488 e. The summed E-state index contributed by atoms with van der Waals surface area (Å²) in [6.45, 7) is 0.00951. The molecule has 0 aliphatic carbocycles. The molecule has 0 radical (unpaired) electrons. The molecule has 0 aliphatic rings. The highest BCUT2D eigenvalue weighted by molar-refractivity contribution is 6.36. The molecule has 29 heavy (non-hydrogen) atoms. The summed E-state index contributed by atoms with van der Waals surface area (Å²) < 4.78 is 5.87. The van der Waals surface area contributed by atoms with Crippen LogP contribution in [0.4, 0.5) is 5.82 Å². The summed E-state index contributed by atoms with van der Waals surface area (Å²) in [5.74, 6) is 0.106. The van der Waals surface area contributed by atoms with Crippen molar-refractivity contribution in [1.29, 1.82) is 10.5 Å². The lowest BCUT2D eigenvalue weighted by molar-refractivity contribution is 0.307. The maximum Gasteiger partial charge on any atom is 0.268 e. The van der Waals surface area contributed by atoms with Crippen LogP contribution in [0.2, 0.25) is 15.1 Å². The number of rotatable bonds is 4. The van der Waals surface area contributed by atoms with Gasteiger partial charge in [-0.05, 0) is 30.3 Å². The molecule has 2 aromatic carbocycles. The first kappa shape index (κ1) is 20.6. The van der Waals surface area contributed by atoms with E-state index in [0.29, 0.717) is 20.6 Å². The van der Waals surface area contributed by atoms with Gasteiger partial charge in [-0.2, -0.15) is 10.5 Å². The zero-order valence-corrected chi connectivity index (χ0v) is 16.9. The van der Waals surface area contributed by atoms with Crippen LogP contribution in [0, 0.1) is 22.7 Å². The Morgan fingerprint density at radius 3 is 2.31 bits per heavy atom. The van der Waals surface area contributed by atoms with Crippen molar-refractivity contribution in [3.8, 4) is 29.0 Å². The molecule has 0 fully saturated rings. The number of nitrogens with zero attached hydrogens (tertiary/aromatic N) is 2. The van der Waals surface area contributed by atoms with Gasteiger partial charge in [0.25, 0.3) is 5.56 Å². The number of aromatic nitrogens is 1. The highest BCUT2D eigenvalue weighted by Gasteiger charge is 2.22. The number of hydrogen-bond donors (Lipinski definition) is 2. The number of nitriles is 2. The number of nitrogens with one attached hydrogen (secondary N) is 1. The lowest BCUT2D eigenvalue weighted by Gasteiger charge is -2.16. The summed E-state index contributed by atoms with van der Waals surface area (Å²) in [5, 5.41) is 20.2. The SMILES string of the molecule is N#Cc1c(N)[nH]c(=O)c(C#N)c1-c1cc(Cl)ccc1OCc1c(Cl)cccc1Cl. The summed E-state index contributed by atoms with van der Waals surface area (Å²) >= 11 is 18.5. The van der Waals surface area contributed by atoms with E-state index in [2.05, 4.69) is 4.98 Å². The standard InChI is InChI=1S/C20H11Cl3N4O2/c21-10-4-5-17(29-9-14-15(22)2-1-3-16(14)23)11(6-10)18-12(7-24)19(26)27-20(28)13(18)8-25/h1-6H,9H2,(H3,26,27,28). The molecule has 3 rings (SSSR count). The molecule has 1 heterocycles. The number of H-pyrrole nitrogens is 1. The normalized spacial score (nSPS) is 10.2. The monoisotopic (exact) mass is 444 g/mol. The van der Waals surface area contributed by atoms with Gasteiger partial charge in [0.05, 0.1) is 0 Å². The van der Waals surface area contributed by atoms with Crippen molar-refractivity contribution in [3.63, 3.8) is 0 Å². The van der Waals surface area contributed by atoms with Crippen LogP contribution in [0.3, 0.4) is 0 Å². The Labute approximate surface area is 180 Å². The highest BCUT2D eigenvalue weighted by atomic mass is 35.5. The third-order valence-corrected chi connectivity index (χ3v) is 5.06. The van der Waals surface area contributed by atoms with Gasteiger partial charge in [-0.1, -0.05) is 40.9 Å². The zero-order valence-electron chi connectivity index (χ0n) is 14.6. The molecule has 3 N–H and O–H groups in total. The maximum atomic E-state index is 12.2. The number of benzene rings is 2. The Bertz CT molecular complexity index is 1240. The van der Waals surface area contributed by atoms with Crippen molar-refractivity contribution in [1.82, 2.24) is 4.98 Å². The van der Waals surface area contributed by atoms with E-state index in [4.69, 9.17) is 45.3 Å². The first-order valence-electron chi connectivity index (χ1n) is 8.09. The third kappa shape index (κ3) is 4.01. The molecule has 6 nitrogen and oxygen atoms in total. The topological polar surface area (TPSA) is 116 Å². The average Bonchev–Trinajstić information content (AvgIpc) is 2.68. The van der Waals surface area contributed by atoms with Crippen molar-refractivity contribution in [2.24, 2.45) is 0 Å². The second-order valence-corrected chi connectivity index (χ2v) is 7.10. The van der Waals surface area contributed by atoms with Crippen LogP contribution in [0.1, 0.15) is 16.7 Å². The Morgan fingerprint density at radius 2 is 1.69 bits per heavy atom. The predicted octanol–water partition coefficient (Wildman–Crippen LogP) is 4.91. The number of nitrogen functional groups attached to an aromatic ring is 1. The quantitative estimate of drug-likeness (QED) is 0.592. The van der Waals surface area contributed by atoms with E-state index in [1.165, 1.54) is 6.07 Å². The van der Waals surface area contributed by atoms with Crippen LogP contribution in [-0.2, 0) is 6.61 Å². The van der Waals surface area contributed by atoms with Gasteiger partial charge in [0, 0.05) is 31.8 Å². The van der Waals surface area contributed by atoms with Crippen molar-refractivity contribution in [2.75, 3.05) is 5.73 Å². The fourth-order valence-electron chi connectivity index (χ4n) is 2.76. The van der Waals surface area contributed by atoms with E-state index in [-0.39, 0.29) is 40.4 Å². The van der Waals surface area contributed by atoms with Crippen LogP contribution in [0.25, 0.3) is 11.1 Å². The van der Waals surface area contributed by atoms with Gasteiger partial charge in [-0.3, -0.25) is 4.79 Å². The lowest BCUT2D eigenvalue weighted by atomic mass is 9.96. The van der Waals surface area contributed by atoms with E-state index >= 15 is 0 Å². The summed E-state index contributed by atoms with van der Waals surface area (Å²) in [6.07, 6.45) is 0. The van der Waals surface area contributed by atoms with Gasteiger partial charge in [0.1, 0.15) is 41.4 Å². The number of aromatic amines is 1. The molecular weight excluding hydrogens is 435 g/mol. The van der Waals surface area contributed by atoms with Crippen molar-refractivity contribution < 1.29 is 4.74 Å². The van der Waals surface area contributed by atoms with Crippen LogP contribution in [-0.4, -0.2) is 4.98 Å². The molecule has 0 saturated heterocycles. The van der Waals surface area contributed by atoms with Crippen molar-refractivity contribution in [3.05, 3.63) is 78.5 Å². The summed E-state index contributed by atoms with van der Waals surface area (Å²) in [5.41, 5.74) is 5.59. The molecule has 0 amide bonds. The van der Waals surface area contributed by atoms with Gasteiger partial charge in [0.2, 0.25) is 0 Å². The third-order valence-electron chi connectivity index (χ3n) is 4.11. The number of hydrogen-bond acceptors (Lipinski definition) is 5. The molecule has 0 unspecified atom stereocenters. The second-order valence-electron chi connectivity index (χ2n) is 5.85. The van der Waals surface area contributed by atoms with Crippen LogP contribution in [0.5, 0.6) is 5.75 Å². The fourth-order valence-corrected chi connectivity index (χ4v) is 3.43. The first-order chi connectivity index (χ1) is 13.9. The van der Waals surface area contributed by atoms with Crippen molar-refractivity contribution in [2.45, 2.75) is 6.61 Å². The molecule has 0 atom stereocenters. The van der Waals surface area contributed by atoms with Crippen molar-refractivity contribution >= 4 is 40.6 Å². The maximum absolute atomic E-state index is 12.2. The van der Waals surface area contributed by atoms with Gasteiger partial charge in [0.15, 0.2) is 0 Å². The van der Waals surface area contributed by atoms with E-state index in [0.717, 1.165) is 0 Å². The van der Waals surface area contributed by atoms with Gasteiger partial charge < -0.3 is 15.5 Å². The van der Waals surface area contributed by atoms with Crippen LogP contribution < -0.4 is 16.0 Å². The molecule has 0 aliphatic heterocycles. The fraction of sp³-hybridized carbons (Fsp3) is 0.0500. The number of ether oxygens (including phenoxy) is 1. The minimum absolute atomic E-state index is 0.00951. The summed E-state index contributed by atoms with van der Waals surface area (Å²) in [4.78, 5) is 14.5. The highest BCUT2D eigenvalue weighted by Crippen LogP contribution is 2.38. The Kier molecular flexibility index (Phi) is 6.00. The van der Waals surface area contributed by atoms with E-state index in [1.807, 2.05) is 12.1 Å². The Morgan fingerprint density at radius 1 is 1.03 bits per heavy atom. The number of nitrogens with two attached hydrogens (primary N) is 1. The lowest BCUT2D eigenvalue weighted by Crippen LogP contribution is -2.16. The summed E-state index contributed by atoms with van der Waals surface area (Å²) in [7, 11) is 0. The van der Waals surface area contributed by atoms with Gasteiger partial charge >= 0.3 is 0 Å². The minimum atomic E-state index is -0.723. The Hall–Kier alpha value is -3.16. The molecule has 1 aromatic heterocycles. The van der Waals surface area contributed by atoms with Gasteiger partial charge in [-0.25, -0.2) is 0 Å². The van der Waals surface area contributed by atoms with E-state index in [1.54, 1.807) is 30.3 Å². The Balaban J connectivity index is 2.19. The smallest absolute Gasteiger partial charge is 0.268 e. The number of anilines is 1. The van der Waals surface area contributed by atoms with Crippen LogP contribution in [0.15, 0.2) is 41.2 Å². The molecule has 3 aromatic rings.